The van der Waals surface area contributed by atoms with E-state index in [9.17, 15) is 0 Å². The highest BCUT2D eigenvalue weighted by Gasteiger charge is 2.03. The van der Waals surface area contributed by atoms with Crippen LogP contribution in [0.2, 0.25) is 0 Å². The summed E-state index contributed by atoms with van der Waals surface area (Å²) in [7, 11) is 1.98. The summed E-state index contributed by atoms with van der Waals surface area (Å²) in [6.07, 6.45) is 0. The Hall–Kier alpha value is -0.820. The zero-order valence-corrected chi connectivity index (χ0v) is 9.02. The summed E-state index contributed by atoms with van der Waals surface area (Å²) in [5, 5.41) is 3.17. The summed E-state index contributed by atoms with van der Waals surface area (Å²) in [5.74, 6) is 0.622. The van der Waals surface area contributed by atoms with Crippen LogP contribution in [0.25, 0.3) is 0 Å². The van der Waals surface area contributed by atoms with Crippen molar-refractivity contribution in [1.82, 2.24) is 5.32 Å². The third-order valence-corrected chi connectivity index (χ3v) is 2.35. The Bertz CT molecular complexity index is 276. The van der Waals surface area contributed by atoms with Gasteiger partial charge in [0.2, 0.25) is 0 Å². The quantitative estimate of drug-likeness (QED) is 0.748. The molecule has 0 amide bonds. The van der Waals surface area contributed by atoms with E-state index in [-0.39, 0.29) is 0 Å². The van der Waals surface area contributed by atoms with Gasteiger partial charge in [-0.1, -0.05) is 32.0 Å². The lowest BCUT2D eigenvalue weighted by atomic mass is 9.96. The average molecular weight is 177 g/mol. The lowest BCUT2D eigenvalue weighted by molar-refractivity contribution is 0.804. The maximum Gasteiger partial charge on any atom is 0.0202 e. The van der Waals surface area contributed by atoms with Crippen LogP contribution < -0.4 is 5.32 Å². The minimum absolute atomic E-state index is 0.622. The molecule has 1 N–H and O–H groups in total. The van der Waals surface area contributed by atoms with E-state index in [4.69, 9.17) is 0 Å². The first-order valence-corrected chi connectivity index (χ1v) is 4.89. The number of benzene rings is 1. The first-order valence-electron chi connectivity index (χ1n) is 4.89. The fourth-order valence-electron chi connectivity index (χ4n) is 1.63. The van der Waals surface area contributed by atoms with E-state index in [0.29, 0.717) is 5.92 Å². The predicted octanol–water partition coefficient (Wildman–Crippen LogP) is 2.84. The van der Waals surface area contributed by atoms with Crippen LogP contribution in [0.5, 0.6) is 0 Å². The van der Waals surface area contributed by atoms with E-state index >= 15 is 0 Å². The highest BCUT2D eigenvalue weighted by molar-refractivity contribution is 5.33. The van der Waals surface area contributed by atoms with Crippen molar-refractivity contribution >= 4 is 0 Å². The molecule has 0 aromatic heterocycles. The molecule has 13 heavy (non-hydrogen) atoms. The van der Waals surface area contributed by atoms with Crippen LogP contribution in [0.3, 0.4) is 0 Å². The third kappa shape index (κ3) is 2.56. The summed E-state index contributed by atoms with van der Waals surface area (Å²) >= 11 is 0. The molecule has 0 spiro atoms. The molecule has 0 radical (unpaired) electrons. The van der Waals surface area contributed by atoms with E-state index in [1.807, 2.05) is 7.05 Å². The normalized spacial score (nSPS) is 10.8. The van der Waals surface area contributed by atoms with Crippen LogP contribution in [0, 0.1) is 6.92 Å². The van der Waals surface area contributed by atoms with Crippen molar-refractivity contribution in [3.63, 3.8) is 0 Å². The Labute approximate surface area is 81.2 Å². The van der Waals surface area contributed by atoms with Gasteiger partial charge < -0.3 is 5.32 Å². The van der Waals surface area contributed by atoms with Crippen molar-refractivity contribution in [2.75, 3.05) is 7.05 Å². The Morgan fingerprint density at radius 2 is 2.00 bits per heavy atom. The van der Waals surface area contributed by atoms with Crippen LogP contribution in [0.15, 0.2) is 18.2 Å². The number of hydrogen-bond acceptors (Lipinski definition) is 1. The van der Waals surface area contributed by atoms with Crippen molar-refractivity contribution in [3.05, 3.63) is 34.9 Å². The molecule has 0 aliphatic rings. The molecule has 1 heteroatoms. The molecule has 1 rings (SSSR count). The molecule has 0 aliphatic carbocycles. The van der Waals surface area contributed by atoms with Crippen LogP contribution in [0.1, 0.15) is 36.5 Å². The Kier molecular flexibility index (Phi) is 3.49. The molecule has 0 heterocycles. The molecule has 72 valence electrons. The standard InChI is InChI=1S/C12H19N/c1-9(2)12-7-11(8-13-4)6-5-10(12)3/h5-7,9,13H,8H2,1-4H3. The van der Waals surface area contributed by atoms with E-state index < -0.39 is 0 Å². The molecule has 0 saturated heterocycles. The third-order valence-electron chi connectivity index (χ3n) is 2.35. The van der Waals surface area contributed by atoms with Gasteiger partial charge in [0.05, 0.1) is 0 Å². The summed E-state index contributed by atoms with van der Waals surface area (Å²) in [6.45, 7) is 7.62. The largest absolute Gasteiger partial charge is 0.316 e. The summed E-state index contributed by atoms with van der Waals surface area (Å²) in [4.78, 5) is 0. The van der Waals surface area contributed by atoms with Crippen LogP contribution in [-0.2, 0) is 6.54 Å². The molecule has 0 fully saturated rings. The second kappa shape index (κ2) is 4.43. The van der Waals surface area contributed by atoms with Gasteiger partial charge in [-0.15, -0.1) is 0 Å². The molecule has 0 bridgehead atoms. The van der Waals surface area contributed by atoms with Gasteiger partial charge in [-0.05, 0) is 36.6 Å². The maximum absolute atomic E-state index is 3.17. The molecular formula is C12H19N. The number of hydrogen-bond donors (Lipinski definition) is 1. The fraction of sp³-hybridized carbons (Fsp3) is 0.500. The zero-order chi connectivity index (χ0) is 9.84. The fourth-order valence-corrected chi connectivity index (χ4v) is 1.63. The topological polar surface area (TPSA) is 12.0 Å². The van der Waals surface area contributed by atoms with E-state index in [1.165, 1.54) is 16.7 Å². The monoisotopic (exact) mass is 177 g/mol. The lowest BCUT2D eigenvalue weighted by Crippen LogP contribution is -2.06. The summed E-state index contributed by atoms with van der Waals surface area (Å²) in [6, 6.07) is 6.70. The van der Waals surface area contributed by atoms with Crippen molar-refractivity contribution in [3.8, 4) is 0 Å². The van der Waals surface area contributed by atoms with E-state index in [0.717, 1.165) is 6.54 Å². The molecule has 0 saturated carbocycles. The molecule has 1 aromatic carbocycles. The van der Waals surface area contributed by atoms with Gasteiger partial charge in [-0.3, -0.25) is 0 Å². The van der Waals surface area contributed by atoms with Crippen LogP contribution in [0.4, 0.5) is 0 Å². The van der Waals surface area contributed by atoms with Crippen LogP contribution >= 0.6 is 0 Å². The first kappa shape index (κ1) is 10.3. The minimum Gasteiger partial charge on any atom is -0.316 e. The molecule has 0 aliphatic heterocycles. The van der Waals surface area contributed by atoms with E-state index in [1.54, 1.807) is 0 Å². The highest BCUT2D eigenvalue weighted by atomic mass is 14.8. The van der Waals surface area contributed by atoms with Gasteiger partial charge in [-0.2, -0.15) is 0 Å². The van der Waals surface area contributed by atoms with Gasteiger partial charge in [-0.25, -0.2) is 0 Å². The molecule has 1 nitrogen and oxygen atoms in total. The van der Waals surface area contributed by atoms with E-state index in [2.05, 4.69) is 44.3 Å². The Morgan fingerprint density at radius 3 is 2.54 bits per heavy atom. The van der Waals surface area contributed by atoms with Gasteiger partial charge in [0, 0.05) is 6.54 Å². The smallest absolute Gasteiger partial charge is 0.0202 e. The molecular weight excluding hydrogens is 158 g/mol. The first-order chi connectivity index (χ1) is 6.15. The van der Waals surface area contributed by atoms with Crippen molar-refractivity contribution in [2.24, 2.45) is 0 Å². The number of aryl methyl sites for hydroxylation is 1. The van der Waals surface area contributed by atoms with Crippen LogP contribution in [-0.4, -0.2) is 7.05 Å². The lowest BCUT2D eigenvalue weighted by Gasteiger charge is -2.11. The second-order valence-electron chi connectivity index (χ2n) is 3.88. The zero-order valence-electron chi connectivity index (χ0n) is 9.02. The van der Waals surface area contributed by atoms with Gasteiger partial charge in [0.15, 0.2) is 0 Å². The second-order valence-corrected chi connectivity index (χ2v) is 3.88. The highest BCUT2D eigenvalue weighted by Crippen LogP contribution is 2.20. The Balaban J connectivity index is 2.97. The van der Waals surface area contributed by atoms with Gasteiger partial charge in [0.25, 0.3) is 0 Å². The number of nitrogens with one attached hydrogen (secondary N) is 1. The SMILES string of the molecule is CNCc1ccc(C)c(C(C)C)c1. The molecule has 0 unspecified atom stereocenters. The minimum atomic E-state index is 0.622. The van der Waals surface area contributed by atoms with Crippen molar-refractivity contribution in [2.45, 2.75) is 33.2 Å². The van der Waals surface area contributed by atoms with Gasteiger partial charge in [0.1, 0.15) is 0 Å². The van der Waals surface area contributed by atoms with Crippen molar-refractivity contribution in [1.29, 1.82) is 0 Å². The summed E-state index contributed by atoms with van der Waals surface area (Å²) in [5.41, 5.74) is 4.24. The number of rotatable bonds is 3. The maximum atomic E-state index is 3.17. The molecule has 1 aromatic rings. The van der Waals surface area contributed by atoms with Gasteiger partial charge >= 0.3 is 0 Å². The molecule has 0 atom stereocenters. The Morgan fingerprint density at radius 1 is 1.31 bits per heavy atom. The predicted molar refractivity (Wildman–Crippen MR) is 58.0 cm³/mol. The average Bonchev–Trinajstić information content (AvgIpc) is 2.08. The van der Waals surface area contributed by atoms with Crippen molar-refractivity contribution < 1.29 is 0 Å². The summed E-state index contributed by atoms with van der Waals surface area (Å²) < 4.78 is 0.